The summed E-state index contributed by atoms with van der Waals surface area (Å²) in [4.78, 5) is 25.3. The molecule has 1 fully saturated rings. The third-order valence-corrected chi connectivity index (χ3v) is 4.31. The Morgan fingerprint density at radius 2 is 1.85 bits per heavy atom. The van der Waals surface area contributed by atoms with Gasteiger partial charge in [0.25, 0.3) is 0 Å². The number of urea groups is 1. The number of hydrogen-bond acceptors (Lipinski definition) is 4. The number of ether oxygens (including phenoxy) is 1. The Morgan fingerprint density at radius 3 is 2.42 bits per heavy atom. The zero-order chi connectivity index (χ0) is 18.9. The second-order valence-electron chi connectivity index (χ2n) is 7.63. The van der Waals surface area contributed by atoms with Crippen LogP contribution in [0.15, 0.2) is 45.6 Å². The summed E-state index contributed by atoms with van der Waals surface area (Å²) in [5.74, 6) is 0.974. The maximum atomic E-state index is 12.3. The molecule has 3 rings (SSSR count). The molecule has 1 aromatic carbocycles. The fourth-order valence-electron chi connectivity index (χ4n) is 2.77. The second kappa shape index (κ2) is 6.86. The van der Waals surface area contributed by atoms with Crippen LogP contribution in [0, 0.1) is 6.92 Å². The van der Waals surface area contributed by atoms with Gasteiger partial charge in [0.05, 0.1) is 19.2 Å². The first-order valence-corrected chi connectivity index (χ1v) is 8.65. The Morgan fingerprint density at radius 1 is 1.19 bits per heavy atom. The molecule has 138 valence electrons. The first kappa shape index (κ1) is 18.0. The van der Waals surface area contributed by atoms with Gasteiger partial charge >= 0.3 is 11.7 Å². The van der Waals surface area contributed by atoms with E-state index < -0.39 is 5.63 Å². The molecule has 6 heteroatoms. The first-order valence-electron chi connectivity index (χ1n) is 8.65. The van der Waals surface area contributed by atoms with Crippen molar-refractivity contribution in [2.24, 2.45) is 0 Å². The maximum absolute atomic E-state index is 12.3. The van der Waals surface area contributed by atoms with E-state index in [2.05, 4.69) is 26.1 Å². The largest absolute Gasteiger partial charge is 0.486 e. The SMILES string of the molecule is Cc1cc(OC2CN(C(=O)Nc3ccc(C(C)(C)C)cc3)C2)cc(=O)o1. The van der Waals surface area contributed by atoms with E-state index in [0.29, 0.717) is 24.6 Å². The maximum Gasteiger partial charge on any atom is 0.339 e. The van der Waals surface area contributed by atoms with Gasteiger partial charge in [-0.15, -0.1) is 0 Å². The molecule has 1 aromatic heterocycles. The minimum Gasteiger partial charge on any atom is -0.486 e. The fraction of sp³-hybridized carbons (Fsp3) is 0.400. The second-order valence-corrected chi connectivity index (χ2v) is 7.63. The zero-order valence-corrected chi connectivity index (χ0v) is 15.5. The molecule has 1 aliphatic rings. The number of benzene rings is 1. The third kappa shape index (κ3) is 4.25. The van der Waals surface area contributed by atoms with Gasteiger partial charge in [0.2, 0.25) is 0 Å². The van der Waals surface area contributed by atoms with Crippen LogP contribution in [0.3, 0.4) is 0 Å². The van der Waals surface area contributed by atoms with Crippen molar-refractivity contribution in [2.75, 3.05) is 18.4 Å². The predicted octanol–water partition coefficient (Wildman–Crippen LogP) is 3.54. The number of nitrogens with zero attached hydrogens (tertiary/aromatic N) is 1. The summed E-state index contributed by atoms with van der Waals surface area (Å²) in [5, 5.41) is 2.89. The van der Waals surface area contributed by atoms with Crippen molar-refractivity contribution in [2.45, 2.75) is 39.2 Å². The number of aryl methyl sites for hydroxylation is 1. The van der Waals surface area contributed by atoms with Crippen LogP contribution >= 0.6 is 0 Å². The van der Waals surface area contributed by atoms with Crippen LogP contribution in [0.5, 0.6) is 5.75 Å². The smallest absolute Gasteiger partial charge is 0.339 e. The minimum atomic E-state index is -0.437. The monoisotopic (exact) mass is 356 g/mol. The predicted molar refractivity (Wildman–Crippen MR) is 99.9 cm³/mol. The number of anilines is 1. The van der Waals surface area contributed by atoms with E-state index in [1.807, 2.05) is 24.3 Å². The summed E-state index contributed by atoms with van der Waals surface area (Å²) in [5.41, 5.74) is 1.63. The van der Waals surface area contributed by atoms with Crippen LogP contribution in [0.4, 0.5) is 10.5 Å². The van der Waals surface area contributed by atoms with Crippen molar-refractivity contribution >= 4 is 11.7 Å². The molecule has 2 amide bonds. The van der Waals surface area contributed by atoms with E-state index in [-0.39, 0.29) is 17.6 Å². The highest BCUT2D eigenvalue weighted by molar-refractivity contribution is 5.89. The van der Waals surface area contributed by atoms with Crippen molar-refractivity contribution in [3.63, 3.8) is 0 Å². The Kier molecular flexibility index (Phi) is 4.76. The standard InChI is InChI=1S/C20H24N2O4/c1-13-9-16(10-18(23)25-13)26-17-11-22(12-17)19(24)21-15-7-5-14(6-8-15)20(2,3)4/h5-10,17H,11-12H2,1-4H3,(H,21,24). The summed E-state index contributed by atoms with van der Waals surface area (Å²) in [6.07, 6.45) is -0.120. The van der Waals surface area contributed by atoms with E-state index in [9.17, 15) is 9.59 Å². The summed E-state index contributed by atoms with van der Waals surface area (Å²) in [6.45, 7) is 9.10. The van der Waals surface area contributed by atoms with Gasteiger partial charge in [0.15, 0.2) is 0 Å². The number of nitrogens with one attached hydrogen (secondary N) is 1. The van der Waals surface area contributed by atoms with Crippen molar-refractivity contribution in [3.05, 3.63) is 58.1 Å². The van der Waals surface area contributed by atoms with Gasteiger partial charge in [-0.3, -0.25) is 0 Å². The molecular weight excluding hydrogens is 332 g/mol. The number of carbonyl (C=O) groups is 1. The first-order chi connectivity index (χ1) is 12.2. The lowest BCUT2D eigenvalue weighted by atomic mass is 9.87. The number of amides is 2. The minimum absolute atomic E-state index is 0.0810. The molecule has 0 radical (unpaired) electrons. The lowest BCUT2D eigenvalue weighted by Crippen LogP contribution is -2.57. The van der Waals surface area contributed by atoms with Gasteiger partial charge in [-0.25, -0.2) is 9.59 Å². The Balaban J connectivity index is 1.51. The highest BCUT2D eigenvalue weighted by atomic mass is 16.5. The van der Waals surface area contributed by atoms with E-state index in [0.717, 1.165) is 5.69 Å². The van der Waals surface area contributed by atoms with Gasteiger partial charge in [0.1, 0.15) is 17.6 Å². The molecule has 26 heavy (non-hydrogen) atoms. The van der Waals surface area contributed by atoms with Gasteiger partial charge in [-0.1, -0.05) is 32.9 Å². The summed E-state index contributed by atoms with van der Waals surface area (Å²) >= 11 is 0. The van der Waals surface area contributed by atoms with Crippen molar-refractivity contribution in [1.82, 2.24) is 4.90 Å². The normalized spacial score (nSPS) is 14.7. The van der Waals surface area contributed by atoms with E-state index in [1.165, 1.54) is 11.6 Å². The molecule has 2 heterocycles. The van der Waals surface area contributed by atoms with Gasteiger partial charge in [0, 0.05) is 11.8 Å². The average Bonchev–Trinajstić information content (AvgIpc) is 2.49. The van der Waals surface area contributed by atoms with Crippen LogP contribution in [0.25, 0.3) is 0 Å². The molecule has 1 aliphatic heterocycles. The van der Waals surface area contributed by atoms with Gasteiger partial charge in [-0.05, 0) is 30.0 Å². The summed E-state index contributed by atoms with van der Waals surface area (Å²) in [7, 11) is 0. The molecule has 1 saturated heterocycles. The molecule has 2 aromatic rings. The molecule has 0 saturated carbocycles. The van der Waals surface area contributed by atoms with Crippen molar-refractivity contribution in [3.8, 4) is 5.75 Å². The van der Waals surface area contributed by atoms with E-state index >= 15 is 0 Å². The Bertz CT molecular complexity index is 843. The molecule has 0 atom stereocenters. The highest BCUT2D eigenvalue weighted by Crippen LogP contribution is 2.24. The van der Waals surface area contributed by atoms with E-state index in [4.69, 9.17) is 9.15 Å². The number of hydrogen-bond donors (Lipinski definition) is 1. The number of likely N-dealkylation sites (tertiary alicyclic amines) is 1. The topological polar surface area (TPSA) is 71.8 Å². The van der Waals surface area contributed by atoms with Crippen molar-refractivity contribution < 1.29 is 13.9 Å². The number of rotatable bonds is 3. The molecule has 0 unspecified atom stereocenters. The third-order valence-electron chi connectivity index (χ3n) is 4.31. The fourth-order valence-corrected chi connectivity index (χ4v) is 2.77. The molecule has 0 bridgehead atoms. The molecule has 1 N–H and O–H groups in total. The van der Waals surface area contributed by atoms with Crippen LogP contribution in [-0.2, 0) is 5.41 Å². The van der Waals surface area contributed by atoms with Gasteiger partial charge < -0.3 is 19.4 Å². The quantitative estimate of drug-likeness (QED) is 0.913. The van der Waals surface area contributed by atoms with Crippen molar-refractivity contribution in [1.29, 1.82) is 0 Å². The summed E-state index contributed by atoms with van der Waals surface area (Å²) in [6, 6.07) is 10.7. The van der Waals surface area contributed by atoms with Crippen LogP contribution in [0.2, 0.25) is 0 Å². The highest BCUT2D eigenvalue weighted by Gasteiger charge is 2.32. The van der Waals surface area contributed by atoms with Crippen LogP contribution in [0.1, 0.15) is 32.1 Å². The molecule has 6 nitrogen and oxygen atoms in total. The lowest BCUT2D eigenvalue weighted by molar-refractivity contribution is 0.0487. The van der Waals surface area contributed by atoms with E-state index in [1.54, 1.807) is 17.9 Å². The van der Waals surface area contributed by atoms with Gasteiger partial charge in [-0.2, -0.15) is 0 Å². The summed E-state index contributed by atoms with van der Waals surface area (Å²) < 4.78 is 10.6. The lowest BCUT2D eigenvalue weighted by Gasteiger charge is -2.38. The van der Waals surface area contributed by atoms with Crippen LogP contribution in [-0.4, -0.2) is 30.1 Å². The average molecular weight is 356 g/mol. The molecule has 0 aliphatic carbocycles. The molecule has 0 spiro atoms. The zero-order valence-electron chi connectivity index (χ0n) is 15.5. The van der Waals surface area contributed by atoms with Crippen LogP contribution < -0.4 is 15.7 Å². The Hall–Kier alpha value is -2.76. The molecular formula is C20H24N2O4. The Labute approximate surface area is 152 Å². The number of carbonyl (C=O) groups excluding carboxylic acids is 1.